The highest BCUT2D eigenvalue weighted by molar-refractivity contribution is 9.10. The third-order valence-corrected chi connectivity index (χ3v) is 5.19. The molecule has 5 nitrogen and oxygen atoms in total. The number of amides is 2. The van der Waals surface area contributed by atoms with Crippen LogP contribution in [0.15, 0.2) is 28.7 Å². The van der Waals surface area contributed by atoms with Gasteiger partial charge in [0.2, 0.25) is 5.91 Å². The summed E-state index contributed by atoms with van der Waals surface area (Å²) in [6.45, 7) is 4.38. The number of carbonyl (C=O) groups is 2. The summed E-state index contributed by atoms with van der Waals surface area (Å²) >= 11 is 3.38. The van der Waals surface area contributed by atoms with Crippen LogP contribution in [0.25, 0.3) is 0 Å². The first-order chi connectivity index (χ1) is 11.1. The fourth-order valence-electron chi connectivity index (χ4n) is 3.23. The number of piperidine rings is 1. The van der Waals surface area contributed by atoms with E-state index in [2.05, 4.69) is 21.2 Å². The predicted octanol–water partition coefficient (Wildman–Crippen LogP) is 2.15. The summed E-state index contributed by atoms with van der Waals surface area (Å²) in [5.74, 6) is 0.471. The number of carbonyl (C=O) groups excluding carboxylic acids is 2. The number of nitrogens with zero attached hydrogens (tertiary/aromatic N) is 2. The third kappa shape index (κ3) is 4.49. The number of rotatable bonds is 2. The lowest BCUT2D eigenvalue weighted by molar-refractivity contribution is -0.137. The van der Waals surface area contributed by atoms with Crippen LogP contribution in [0.1, 0.15) is 23.2 Å². The Morgan fingerprint density at radius 2 is 1.50 bits per heavy atom. The first kappa shape index (κ1) is 19.2. The molecule has 1 aromatic carbocycles. The molecule has 0 saturated carbocycles. The van der Waals surface area contributed by atoms with Crippen molar-refractivity contribution in [3.05, 3.63) is 34.3 Å². The molecule has 7 heteroatoms. The summed E-state index contributed by atoms with van der Waals surface area (Å²) in [5.41, 5.74) is 0.700. The molecule has 0 aliphatic carbocycles. The molecule has 132 valence electrons. The zero-order chi connectivity index (χ0) is 16.2. The van der Waals surface area contributed by atoms with Crippen molar-refractivity contribution >= 4 is 40.2 Å². The van der Waals surface area contributed by atoms with Crippen molar-refractivity contribution in [2.75, 3.05) is 39.3 Å². The van der Waals surface area contributed by atoms with Gasteiger partial charge in [-0.1, -0.05) is 15.9 Å². The van der Waals surface area contributed by atoms with Gasteiger partial charge in [0.1, 0.15) is 0 Å². The van der Waals surface area contributed by atoms with Gasteiger partial charge >= 0.3 is 0 Å². The molecule has 0 atom stereocenters. The van der Waals surface area contributed by atoms with E-state index in [4.69, 9.17) is 0 Å². The maximum Gasteiger partial charge on any atom is 0.253 e. The van der Waals surface area contributed by atoms with Crippen molar-refractivity contribution in [3.8, 4) is 0 Å². The molecule has 24 heavy (non-hydrogen) atoms. The summed E-state index contributed by atoms with van der Waals surface area (Å²) in [4.78, 5) is 28.8. The molecule has 2 heterocycles. The lowest BCUT2D eigenvalue weighted by Gasteiger charge is -2.37. The van der Waals surface area contributed by atoms with Crippen molar-refractivity contribution in [3.63, 3.8) is 0 Å². The molecule has 0 spiro atoms. The molecule has 0 unspecified atom stereocenters. The fourth-order valence-corrected chi connectivity index (χ4v) is 3.50. The number of nitrogens with one attached hydrogen (secondary N) is 1. The van der Waals surface area contributed by atoms with Gasteiger partial charge in [0.25, 0.3) is 5.91 Å². The van der Waals surface area contributed by atoms with E-state index in [1.807, 2.05) is 34.1 Å². The van der Waals surface area contributed by atoms with E-state index in [1.165, 1.54) is 0 Å². The Bertz CT molecular complexity index is 568. The van der Waals surface area contributed by atoms with Crippen LogP contribution in [-0.2, 0) is 4.79 Å². The topological polar surface area (TPSA) is 52.7 Å². The van der Waals surface area contributed by atoms with Crippen molar-refractivity contribution < 1.29 is 9.59 Å². The molecule has 2 fully saturated rings. The number of piperazine rings is 1. The fraction of sp³-hybridized carbons (Fsp3) is 0.529. The monoisotopic (exact) mass is 415 g/mol. The minimum Gasteiger partial charge on any atom is -0.339 e. The second-order valence-corrected chi connectivity index (χ2v) is 7.06. The SMILES string of the molecule is Cl.O=C(c1ccc(Br)cc1)N1CCN(C(=O)C2CCNCC2)CC1. The molecular formula is C17H23BrClN3O2. The van der Waals surface area contributed by atoms with E-state index >= 15 is 0 Å². The zero-order valence-corrected chi connectivity index (χ0v) is 15.9. The maximum atomic E-state index is 12.5. The Morgan fingerprint density at radius 1 is 0.958 bits per heavy atom. The van der Waals surface area contributed by atoms with Gasteiger partial charge in [-0.2, -0.15) is 0 Å². The van der Waals surface area contributed by atoms with Crippen LogP contribution in [0.2, 0.25) is 0 Å². The summed E-state index contributed by atoms with van der Waals surface area (Å²) in [6, 6.07) is 7.42. The lowest BCUT2D eigenvalue weighted by atomic mass is 9.96. The molecule has 1 N–H and O–H groups in total. The van der Waals surface area contributed by atoms with E-state index in [0.717, 1.165) is 30.4 Å². The van der Waals surface area contributed by atoms with Gasteiger partial charge in [-0.15, -0.1) is 12.4 Å². The minimum absolute atomic E-state index is 0. The van der Waals surface area contributed by atoms with E-state index < -0.39 is 0 Å². The summed E-state index contributed by atoms with van der Waals surface area (Å²) in [5, 5.41) is 3.29. The predicted molar refractivity (Wildman–Crippen MR) is 99.5 cm³/mol. The summed E-state index contributed by atoms with van der Waals surface area (Å²) in [6.07, 6.45) is 1.85. The molecule has 3 rings (SSSR count). The van der Waals surface area contributed by atoms with Crippen LogP contribution >= 0.6 is 28.3 Å². The highest BCUT2D eigenvalue weighted by Crippen LogP contribution is 2.18. The molecule has 0 aromatic heterocycles. The average Bonchev–Trinajstić information content (AvgIpc) is 2.62. The normalized spacial score (nSPS) is 18.9. The number of benzene rings is 1. The minimum atomic E-state index is 0. The lowest BCUT2D eigenvalue weighted by Crippen LogP contribution is -2.52. The highest BCUT2D eigenvalue weighted by atomic mass is 79.9. The van der Waals surface area contributed by atoms with Gasteiger partial charge in [0, 0.05) is 42.1 Å². The second-order valence-electron chi connectivity index (χ2n) is 6.15. The van der Waals surface area contributed by atoms with Crippen molar-refractivity contribution in [2.45, 2.75) is 12.8 Å². The summed E-state index contributed by atoms with van der Waals surface area (Å²) < 4.78 is 0.964. The molecule has 1 aromatic rings. The maximum absolute atomic E-state index is 12.5. The Kier molecular flexibility index (Phi) is 7.07. The van der Waals surface area contributed by atoms with E-state index in [0.29, 0.717) is 31.7 Å². The van der Waals surface area contributed by atoms with E-state index in [-0.39, 0.29) is 30.1 Å². The van der Waals surface area contributed by atoms with E-state index in [9.17, 15) is 9.59 Å². The molecule has 2 amide bonds. The van der Waals surface area contributed by atoms with Gasteiger partial charge in [0.15, 0.2) is 0 Å². The standard InChI is InChI=1S/C17H22BrN3O2.ClH/c18-15-3-1-13(2-4-15)16(22)20-9-11-21(12-10-20)17(23)14-5-7-19-8-6-14;/h1-4,14,19H,5-12H2;1H. The average molecular weight is 417 g/mol. The van der Waals surface area contributed by atoms with Gasteiger partial charge in [0.05, 0.1) is 0 Å². The second kappa shape index (κ2) is 8.83. The smallest absolute Gasteiger partial charge is 0.253 e. The van der Waals surface area contributed by atoms with E-state index in [1.54, 1.807) is 0 Å². The van der Waals surface area contributed by atoms with Crippen LogP contribution < -0.4 is 5.32 Å². The van der Waals surface area contributed by atoms with Gasteiger partial charge < -0.3 is 15.1 Å². The quantitative estimate of drug-likeness (QED) is 0.804. The van der Waals surface area contributed by atoms with Gasteiger partial charge in [-0.25, -0.2) is 0 Å². The zero-order valence-electron chi connectivity index (χ0n) is 13.5. The molecule has 2 aliphatic rings. The Hall–Kier alpha value is -1.11. The van der Waals surface area contributed by atoms with Crippen LogP contribution in [-0.4, -0.2) is 60.9 Å². The Morgan fingerprint density at radius 3 is 2.08 bits per heavy atom. The summed E-state index contributed by atoms with van der Waals surface area (Å²) in [7, 11) is 0. The first-order valence-corrected chi connectivity index (χ1v) is 8.99. The van der Waals surface area contributed by atoms with Gasteiger partial charge in [-0.05, 0) is 50.2 Å². The molecule has 0 bridgehead atoms. The molecule has 2 saturated heterocycles. The largest absolute Gasteiger partial charge is 0.339 e. The number of hydrogen-bond acceptors (Lipinski definition) is 3. The number of halogens is 2. The van der Waals surface area contributed by atoms with Crippen molar-refractivity contribution in [2.24, 2.45) is 5.92 Å². The van der Waals surface area contributed by atoms with Crippen LogP contribution in [0, 0.1) is 5.92 Å². The van der Waals surface area contributed by atoms with Crippen molar-refractivity contribution in [1.82, 2.24) is 15.1 Å². The molecule has 0 radical (unpaired) electrons. The Balaban J connectivity index is 0.00000208. The Labute approximate surface area is 157 Å². The van der Waals surface area contributed by atoms with Crippen LogP contribution in [0.4, 0.5) is 0 Å². The van der Waals surface area contributed by atoms with Crippen molar-refractivity contribution in [1.29, 1.82) is 0 Å². The molecular weight excluding hydrogens is 394 g/mol. The third-order valence-electron chi connectivity index (χ3n) is 4.66. The van der Waals surface area contributed by atoms with Crippen LogP contribution in [0.3, 0.4) is 0 Å². The first-order valence-electron chi connectivity index (χ1n) is 8.19. The van der Waals surface area contributed by atoms with Gasteiger partial charge in [-0.3, -0.25) is 9.59 Å². The molecule has 2 aliphatic heterocycles. The highest BCUT2D eigenvalue weighted by Gasteiger charge is 2.29. The number of hydrogen-bond donors (Lipinski definition) is 1. The van der Waals surface area contributed by atoms with Crippen LogP contribution in [0.5, 0.6) is 0 Å².